The Morgan fingerprint density at radius 1 is 0.897 bits per heavy atom. The van der Waals surface area contributed by atoms with Crippen LogP contribution in [0.3, 0.4) is 0 Å². The van der Waals surface area contributed by atoms with E-state index in [0.29, 0.717) is 26.6 Å². The van der Waals surface area contributed by atoms with Crippen LogP contribution in [0.15, 0.2) is 76.0 Å². The van der Waals surface area contributed by atoms with Crippen LogP contribution in [0.25, 0.3) is 11.8 Å². The Morgan fingerprint density at radius 3 is 2.38 bits per heavy atom. The van der Waals surface area contributed by atoms with E-state index in [2.05, 4.69) is 24.3 Å². The molecule has 1 atom stereocenters. The zero-order valence-electron chi connectivity index (χ0n) is 22.2. The fourth-order valence-electron chi connectivity index (χ4n) is 5.47. The van der Waals surface area contributed by atoms with Gasteiger partial charge in [-0.25, -0.2) is 4.99 Å². The summed E-state index contributed by atoms with van der Waals surface area (Å²) in [6.07, 6.45) is 3.59. The van der Waals surface area contributed by atoms with Crippen LogP contribution in [0.4, 0.5) is 0 Å². The van der Waals surface area contributed by atoms with Gasteiger partial charge < -0.3 is 18.9 Å². The topological polar surface area (TPSA) is 71.3 Å². The molecule has 0 bridgehead atoms. The molecule has 39 heavy (non-hydrogen) atoms. The molecule has 2 heterocycles. The van der Waals surface area contributed by atoms with Gasteiger partial charge in [-0.15, -0.1) is 0 Å². The van der Waals surface area contributed by atoms with Crippen LogP contribution >= 0.6 is 11.3 Å². The van der Waals surface area contributed by atoms with Crippen LogP contribution in [0.5, 0.6) is 23.0 Å². The molecule has 0 amide bonds. The quantitative estimate of drug-likeness (QED) is 0.364. The van der Waals surface area contributed by atoms with Crippen molar-refractivity contribution >= 4 is 23.1 Å². The molecule has 4 aromatic rings. The number of hydrogen-bond acceptors (Lipinski definition) is 7. The third-order valence-corrected chi connectivity index (χ3v) is 8.25. The summed E-state index contributed by atoms with van der Waals surface area (Å²) in [6.45, 7) is 0. The lowest BCUT2D eigenvalue weighted by Crippen LogP contribution is -2.38. The average Bonchev–Trinajstić information content (AvgIpc) is 3.29. The normalized spacial score (nSPS) is 16.1. The van der Waals surface area contributed by atoms with Crippen LogP contribution in [0, 0.1) is 0 Å². The SMILES string of the molecule is COc1cccc(C2C3=C(N=c4sc(=Cc5cc(OC)c(OC)c(OC)c5)c(=O)n42)c2ccccc2CC3)c1. The van der Waals surface area contributed by atoms with Gasteiger partial charge >= 0.3 is 0 Å². The minimum absolute atomic E-state index is 0.0919. The number of aromatic nitrogens is 1. The molecule has 8 heteroatoms. The van der Waals surface area contributed by atoms with E-state index < -0.39 is 0 Å². The summed E-state index contributed by atoms with van der Waals surface area (Å²) in [5.41, 5.74) is 6.19. The standard InChI is InChI=1S/C31H28N2O5S/c1-35-21-10-7-9-20(17-21)28-23-13-12-19-8-5-6-11-22(19)27(23)32-31-33(28)30(34)26(39-31)16-18-14-24(36-2)29(38-4)25(15-18)37-3/h5-11,14-17,28H,12-13H2,1-4H3. The maximum atomic E-state index is 14.0. The van der Waals surface area contributed by atoms with Crippen molar-refractivity contribution in [3.63, 3.8) is 0 Å². The Kier molecular flexibility index (Phi) is 6.48. The Balaban J connectivity index is 1.60. The second kappa shape index (κ2) is 10.1. The van der Waals surface area contributed by atoms with Gasteiger partial charge in [0, 0.05) is 5.56 Å². The molecule has 2 aliphatic rings. The fourth-order valence-corrected chi connectivity index (χ4v) is 6.47. The highest BCUT2D eigenvalue weighted by atomic mass is 32.1. The Morgan fingerprint density at radius 2 is 1.67 bits per heavy atom. The van der Waals surface area contributed by atoms with Crippen LogP contribution in [-0.4, -0.2) is 33.0 Å². The highest BCUT2D eigenvalue weighted by Gasteiger charge is 2.32. The third-order valence-electron chi connectivity index (χ3n) is 7.27. The van der Waals surface area contributed by atoms with E-state index in [1.165, 1.54) is 16.9 Å². The van der Waals surface area contributed by atoms with Gasteiger partial charge in [0.05, 0.1) is 44.7 Å². The largest absolute Gasteiger partial charge is 0.497 e. The first-order valence-electron chi connectivity index (χ1n) is 12.6. The number of ether oxygens (including phenoxy) is 4. The van der Waals surface area contributed by atoms with Crippen molar-refractivity contribution in [1.82, 2.24) is 4.57 Å². The molecule has 6 rings (SSSR count). The minimum atomic E-state index is -0.276. The van der Waals surface area contributed by atoms with Crippen molar-refractivity contribution in [1.29, 1.82) is 0 Å². The number of methoxy groups -OCH3 is 4. The first-order valence-corrected chi connectivity index (χ1v) is 13.4. The summed E-state index contributed by atoms with van der Waals surface area (Å²) >= 11 is 1.38. The van der Waals surface area contributed by atoms with Crippen LogP contribution in [-0.2, 0) is 6.42 Å². The molecule has 198 valence electrons. The maximum absolute atomic E-state index is 14.0. The summed E-state index contributed by atoms with van der Waals surface area (Å²) in [7, 11) is 6.37. The highest BCUT2D eigenvalue weighted by Crippen LogP contribution is 2.42. The average molecular weight is 541 g/mol. The van der Waals surface area contributed by atoms with Gasteiger partial charge in [0.2, 0.25) is 5.75 Å². The van der Waals surface area contributed by atoms with Gasteiger partial charge in [-0.2, -0.15) is 0 Å². The van der Waals surface area contributed by atoms with E-state index in [-0.39, 0.29) is 11.6 Å². The molecule has 3 aromatic carbocycles. The molecule has 1 aromatic heterocycles. The van der Waals surface area contributed by atoms with E-state index in [0.717, 1.165) is 46.6 Å². The van der Waals surface area contributed by atoms with Gasteiger partial charge in [0.15, 0.2) is 16.3 Å². The Hall–Kier alpha value is -4.30. The van der Waals surface area contributed by atoms with Crippen molar-refractivity contribution in [3.05, 3.63) is 108 Å². The van der Waals surface area contributed by atoms with Crippen molar-refractivity contribution in [2.75, 3.05) is 28.4 Å². The zero-order chi connectivity index (χ0) is 27.1. The second-order valence-corrected chi connectivity index (χ2v) is 10.4. The number of nitrogens with zero attached hydrogens (tertiary/aromatic N) is 2. The highest BCUT2D eigenvalue weighted by molar-refractivity contribution is 7.07. The Bertz CT molecular complexity index is 1780. The van der Waals surface area contributed by atoms with Crippen molar-refractivity contribution in [2.45, 2.75) is 18.9 Å². The van der Waals surface area contributed by atoms with E-state index >= 15 is 0 Å². The lowest BCUT2D eigenvalue weighted by atomic mass is 9.83. The van der Waals surface area contributed by atoms with Crippen molar-refractivity contribution in [2.24, 2.45) is 4.99 Å². The van der Waals surface area contributed by atoms with Gasteiger partial charge in [0.25, 0.3) is 5.56 Å². The number of hydrogen-bond donors (Lipinski definition) is 0. The summed E-state index contributed by atoms with van der Waals surface area (Å²) < 4.78 is 24.4. The molecule has 1 unspecified atom stereocenters. The molecule has 1 aliphatic heterocycles. The van der Waals surface area contributed by atoms with Gasteiger partial charge in [-0.3, -0.25) is 9.36 Å². The zero-order valence-corrected chi connectivity index (χ0v) is 23.0. The smallest absolute Gasteiger partial charge is 0.271 e. The Labute approximate surface area is 229 Å². The van der Waals surface area contributed by atoms with E-state index in [1.807, 2.05) is 47.0 Å². The molecule has 0 spiro atoms. The summed E-state index contributed by atoms with van der Waals surface area (Å²) in [5.74, 6) is 2.31. The predicted molar refractivity (Wildman–Crippen MR) is 152 cm³/mol. The molecule has 0 N–H and O–H groups in total. The van der Waals surface area contributed by atoms with Crippen molar-refractivity contribution in [3.8, 4) is 23.0 Å². The summed E-state index contributed by atoms with van der Waals surface area (Å²) in [4.78, 5) is 19.8. The third kappa shape index (κ3) is 4.21. The number of aryl methyl sites for hydroxylation is 1. The molecule has 1 aliphatic carbocycles. The van der Waals surface area contributed by atoms with Gasteiger partial charge in [-0.1, -0.05) is 47.7 Å². The van der Waals surface area contributed by atoms with E-state index in [4.69, 9.17) is 23.9 Å². The van der Waals surface area contributed by atoms with E-state index in [1.54, 1.807) is 28.4 Å². The van der Waals surface area contributed by atoms with Crippen LogP contribution < -0.4 is 33.8 Å². The fraction of sp³-hybridized carbons (Fsp3) is 0.226. The van der Waals surface area contributed by atoms with Gasteiger partial charge in [-0.05, 0) is 65.4 Å². The predicted octanol–water partition coefficient (Wildman–Crippen LogP) is 4.35. The number of benzene rings is 3. The van der Waals surface area contributed by atoms with E-state index in [9.17, 15) is 4.79 Å². The molecule has 0 saturated heterocycles. The molecule has 0 fully saturated rings. The van der Waals surface area contributed by atoms with Crippen LogP contribution in [0.1, 0.15) is 34.7 Å². The summed E-state index contributed by atoms with van der Waals surface area (Å²) in [6, 6.07) is 19.7. The minimum Gasteiger partial charge on any atom is -0.497 e. The van der Waals surface area contributed by atoms with Gasteiger partial charge in [0.1, 0.15) is 5.75 Å². The van der Waals surface area contributed by atoms with Crippen LogP contribution in [0.2, 0.25) is 0 Å². The lowest BCUT2D eigenvalue weighted by Gasteiger charge is -2.31. The molecular weight excluding hydrogens is 512 g/mol. The molecule has 0 saturated carbocycles. The number of thiazole rings is 1. The van der Waals surface area contributed by atoms with Crippen molar-refractivity contribution < 1.29 is 18.9 Å². The monoisotopic (exact) mass is 540 g/mol. The second-order valence-electron chi connectivity index (χ2n) is 9.35. The molecular formula is C31H28N2O5S. The lowest BCUT2D eigenvalue weighted by molar-refractivity contribution is 0.324. The number of allylic oxidation sites excluding steroid dienone is 1. The molecule has 0 radical (unpaired) electrons. The number of fused-ring (bicyclic) bond motifs is 3. The first kappa shape index (κ1) is 25.0. The first-order chi connectivity index (χ1) is 19.1. The maximum Gasteiger partial charge on any atom is 0.271 e. The molecule has 7 nitrogen and oxygen atoms in total. The summed E-state index contributed by atoms with van der Waals surface area (Å²) in [5, 5.41) is 0. The number of rotatable bonds is 6.